The van der Waals surface area contributed by atoms with E-state index in [1.807, 2.05) is 48.9 Å². The summed E-state index contributed by atoms with van der Waals surface area (Å²) in [5, 5.41) is 9.06. The number of aliphatic hydroxyl groups is 1. The maximum absolute atomic E-state index is 13.0. The molecule has 8 heteroatoms. The molecule has 8 nitrogen and oxygen atoms in total. The normalized spacial score (nSPS) is 11.7. The quantitative estimate of drug-likeness (QED) is 0.586. The van der Waals surface area contributed by atoms with E-state index in [2.05, 4.69) is 4.98 Å². The van der Waals surface area contributed by atoms with E-state index in [4.69, 9.17) is 5.11 Å². The molecule has 1 aromatic carbocycles. The third kappa shape index (κ3) is 2.52. The molecule has 0 aliphatic carbocycles. The Labute approximate surface area is 154 Å². The summed E-state index contributed by atoms with van der Waals surface area (Å²) in [6, 6.07) is 8.04. The van der Waals surface area contributed by atoms with Gasteiger partial charge in [-0.15, -0.1) is 0 Å². The summed E-state index contributed by atoms with van der Waals surface area (Å²) in [5.74, 6) is 0.582. The number of imidazole rings is 2. The molecule has 0 bridgehead atoms. The summed E-state index contributed by atoms with van der Waals surface area (Å²) >= 11 is 0. The van der Waals surface area contributed by atoms with Crippen LogP contribution in [0.15, 0.2) is 40.1 Å². The first kappa shape index (κ1) is 17.3. The molecule has 4 aromatic rings. The number of hydrogen-bond acceptors (Lipinski definition) is 4. The summed E-state index contributed by atoms with van der Waals surface area (Å²) in [4.78, 5) is 30.1. The van der Waals surface area contributed by atoms with Crippen molar-refractivity contribution in [2.24, 2.45) is 7.05 Å². The fourth-order valence-electron chi connectivity index (χ4n) is 3.45. The maximum Gasteiger partial charge on any atom is 0.332 e. The lowest BCUT2D eigenvalue weighted by Gasteiger charge is -2.07. The molecule has 3 aromatic heterocycles. The number of fused-ring (bicyclic) bond motifs is 3. The van der Waals surface area contributed by atoms with Crippen molar-refractivity contribution in [3.05, 3.63) is 62.6 Å². The monoisotopic (exact) mass is 367 g/mol. The van der Waals surface area contributed by atoms with Gasteiger partial charge in [-0.2, -0.15) is 4.98 Å². The second-order valence-electron chi connectivity index (χ2n) is 6.77. The van der Waals surface area contributed by atoms with Crippen molar-refractivity contribution < 1.29 is 5.11 Å². The number of rotatable bonds is 4. The number of aromatic nitrogens is 5. The van der Waals surface area contributed by atoms with Crippen LogP contribution in [0.25, 0.3) is 22.6 Å². The average molecular weight is 367 g/mol. The third-order valence-corrected chi connectivity index (χ3v) is 4.86. The Bertz CT molecular complexity index is 1270. The van der Waals surface area contributed by atoms with Crippen molar-refractivity contribution >= 4 is 16.9 Å². The van der Waals surface area contributed by atoms with Gasteiger partial charge < -0.3 is 5.11 Å². The average Bonchev–Trinajstić information content (AvgIpc) is 3.15. The second-order valence-corrected chi connectivity index (χ2v) is 6.77. The van der Waals surface area contributed by atoms with Crippen LogP contribution < -0.4 is 11.2 Å². The molecule has 0 radical (unpaired) electrons. The van der Waals surface area contributed by atoms with Crippen molar-refractivity contribution in [1.29, 1.82) is 0 Å². The zero-order chi connectivity index (χ0) is 19.3. The van der Waals surface area contributed by atoms with Crippen LogP contribution in [-0.4, -0.2) is 34.8 Å². The SMILES string of the molecule is Cc1ccc(-n2c(C)cn3c4c(=O)n(CCCO)c(=O)n(C)c4nc23)cc1. The molecule has 140 valence electrons. The van der Waals surface area contributed by atoms with Crippen LogP contribution in [0, 0.1) is 13.8 Å². The van der Waals surface area contributed by atoms with Gasteiger partial charge in [0, 0.05) is 37.8 Å². The third-order valence-electron chi connectivity index (χ3n) is 4.86. The summed E-state index contributed by atoms with van der Waals surface area (Å²) in [7, 11) is 1.61. The van der Waals surface area contributed by atoms with E-state index >= 15 is 0 Å². The molecule has 27 heavy (non-hydrogen) atoms. The topological polar surface area (TPSA) is 86.5 Å². The molecular weight excluding hydrogens is 346 g/mol. The number of aryl methyl sites for hydroxylation is 3. The van der Waals surface area contributed by atoms with E-state index < -0.39 is 11.2 Å². The zero-order valence-electron chi connectivity index (χ0n) is 15.5. The van der Waals surface area contributed by atoms with Crippen molar-refractivity contribution in [2.75, 3.05) is 6.61 Å². The minimum atomic E-state index is -0.430. The summed E-state index contributed by atoms with van der Waals surface area (Å²) < 4.78 is 6.24. The minimum absolute atomic E-state index is 0.0850. The van der Waals surface area contributed by atoms with E-state index in [-0.39, 0.29) is 13.2 Å². The van der Waals surface area contributed by atoms with Gasteiger partial charge in [0.2, 0.25) is 5.78 Å². The van der Waals surface area contributed by atoms with E-state index in [9.17, 15) is 9.59 Å². The van der Waals surface area contributed by atoms with Crippen LogP contribution in [0.5, 0.6) is 0 Å². The van der Waals surface area contributed by atoms with E-state index in [0.29, 0.717) is 23.4 Å². The lowest BCUT2D eigenvalue weighted by molar-refractivity contribution is 0.277. The zero-order valence-corrected chi connectivity index (χ0v) is 15.5. The number of benzene rings is 1. The molecule has 0 aliphatic heterocycles. The molecule has 0 aliphatic rings. The van der Waals surface area contributed by atoms with Gasteiger partial charge in [0.25, 0.3) is 5.56 Å². The minimum Gasteiger partial charge on any atom is -0.396 e. The maximum atomic E-state index is 13.0. The first-order chi connectivity index (χ1) is 12.9. The van der Waals surface area contributed by atoms with Gasteiger partial charge in [0.15, 0.2) is 11.2 Å². The predicted molar refractivity (Wildman–Crippen MR) is 103 cm³/mol. The smallest absolute Gasteiger partial charge is 0.332 e. The molecule has 0 amide bonds. The van der Waals surface area contributed by atoms with E-state index in [1.165, 1.54) is 4.57 Å². The standard InChI is InChI=1S/C19H21N5O3/c1-12-5-7-14(8-6-12)24-13(2)11-23-15-16(20-18(23)24)21(3)19(27)22(17(15)26)9-4-10-25/h5-8,11,25H,4,9-10H2,1-3H3. The highest BCUT2D eigenvalue weighted by molar-refractivity contribution is 5.76. The molecule has 0 saturated heterocycles. The van der Waals surface area contributed by atoms with E-state index in [0.717, 1.165) is 21.5 Å². The fourth-order valence-corrected chi connectivity index (χ4v) is 3.45. The molecule has 0 unspecified atom stereocenters. The first-order valence-electron chi connectivity index (χ1n) is 8.82. The Hall–Kier alpha value is -3.13. The highest BCUT2D eigenvalue weighted by atomic mass is 16.3. The highest BCUT2D eigenvalue weighted by Crippen LogP contribution is 2.21. The highest BCUT2D eigenvalue weighted by Gasteiger charge is 2.20. The molecule has 1 N–H and O–H groups in total. The predicted octanol–water partition coefficient (Wildman–Crippen LogP) is 1.14. The molecule has 0 atom stereocenters. The van der Waals surface area contributed by atoms with Crippen molar-refractivity contribution in [3.8, 4) is 5.69 Å². The van der Waals surface area contributed by atoms with Gasteiger partial charge in [0.1, 0.15) is 0 Å². The van der Waals surface area contributed by atoms with Crippen LogP contribution >= 0.6 is 0 Å². The summed E-state index contributed by atoms with van der Waals surface area (Å²) in [6.07, 6.45) is 2.19. The van der Waals surface area contributed by atoms with Gasteiger partial charge in [-0.25, -0.2) is 4.79 Å². The molecule has 0 spiro atoms. The fraction of sp³-hybridized carbons (Fsp3) is 0.316. The van der Waals surface area contributed by atoms with E-state index in [1.54, 1.807) is 11.4 Å². The van der Waals surface area contributed by atoms with Gasteiger partial charge in [-0.1, -0.05) is 17.7 Å². The number of aliphatic hydroxyl groups excluding tert-OH is 1. The Morgan fingerprint density at radius 3 is 2.48 bits per heavy atom. The summed E-state index contributed by atoms with van der Waals surface area (Å²) in [6.45, 7) is 4.06. The number of hydrogen-bond donors (Lipinski definition) is 1. The number of nitrogens with zero attached hydrogens (tertiary/aromatic N) is 5. The molecule has 0 fully saturated rings. The van der Waals surface area contributed by atoms with Crippen LogP contribution in [0.1, 0.15) is 17.7 Å². The molecule has 0 saturated carbocycles. The lowest BCUT2D eigenvalue weighted by Crippen LogP contribution is -2.39. The lowest BCUT2D eigenvalue weighted by atomic mass is 10.2. The molecular formula is C19H21N5O3. The Morgan fingerprint density at radius 2 is 1.81 bits per heavy atom. The van der Waals surface area contributed by atoms with Gasteiger partial charge in [-0.3, -0.25) is 22.9 Å². The molecule has 4 rings (SSSR count). The van der Waals surface area contributed by atoms with Crippen LogP contribution in [0.2, 0.25) is 0 Å². The van der Waals surface area contributed by atoms with Crippen molar-refractivity contribution in [1.82, 2.24) is 23.1 Å². The largest absolute Gasteiger partial charge is 0.396 e. The summed E-state index contributed by atoms with van der Waals surface area (Å²) in [5.41, 5.74) is 2.91. The van der Waals surface area contributed by atoms with Crippen molar-refractivity contribution in [3.63, 3.8) is 0 Å². The van der Waals surface area contributed by atoms with Crippen LogP contribution in [0.3, 0.4) is 0 Å². The Balaban J connectivity index is 2.07. The Morgan fingerprint density at radius 1 is 1.11 bits per heavy atom. The first-order valence-corrected chi connectivity index (χ1v) is 8.82. The van der Waals surface area contributed by atoms with Gasteiger partial charge >= 0.3 is 5.69 Å². The van der Waals surface area contributed by atoms with Gasteiger partial charge in [-0.05, 0) is 32.4 Å². The van der Waals surface area contributed by atoms with Crippen LogP contribution in [0.4, 0.5) is 0 Å². The van der Waals surface area contributed by atoms with Crippen molar-refractivity contribution in [2.45, 2.75) is 26.8 Å². The van der Waals surface area contributed by atoms with Crippen LogP contribution in [-0.2, 0) is 13.6 Å². The second kappa shape index (κ2) is 6.24. The molecule has 3 heterocycles. The van der Waals surface area contributed by atoms with Gasteiger partial charge in [0.05, 0.1) is 0 Å². The Kier molecular flexibility index (Phi) is 4.00.